The molecule has 108 valence electrons. The SMILES string of the molecule is CCSCCOc1ccc(S(=O)(=O)Cl)c2cccnc12. The number of halogens is 1. The van der Waals surface area contributed by atoms with Gasteiger partial charge in [-0.05, 0) is 30.0 Å². The highest BCUT2D eigenvalue weighted by Crippen LogP contribution is 2.31. The average molecular weight is 332 g/mol. The Morgan fingerprint density at radius 3 is 2.85 bits per heavy atom. The van der Waals surface area contributed by atoms with Gasteiger partial charge in [0, 0.05) is 28.0 Å². The molecule has 2 rings (SSSR count). The number of ether oxygens (including phenoxy) is 1. The Morgan fingerprint density at radius 1 is 1.35 bits per heavy atom. The Morgan fingerprint density at radius 2 is 2.15 bits per heavy atom. The van der Waals surface area contributed by atoms with Crippen molar-refractivity contribution in [2.45, 2.75) is 11.8 Å². The molecular weight excluding hydrogens is 318 g/mol. The summed E-state index contributed by atoms with van der Waals surface area (Å²) in [6, 6.07) is 6.39. The van der Waals surface area contributed by atoms with Crippen LogP contribution in [-0.4, -0.2) is 31.5 Å². The molecule has 4 nitrogen and oxygen atoms in total. The van der Waals surface area contributed by atoms with Crippen LogP contribution in [0, 0.1) is 0 Å². The van der Waals surface area contributed by atoms with E-state index in [1.165, 1.54) is 6.07 Å². The van der Waals surface area contributed by atoms with Crippen LogP contribution >= 0.6 is 22.4 Å². The molecule has 1 aromatic heterocycles. The lowest BCUT2D eigenvalue weighted by Crippen LogP contribution is -2.02. The second-order valence-electron chi connectivity index (χ2n) is 3.94. The first kappa shape index (κ1) is 15.4. The van der Waals surface area contributed by atoms with Crippen molar-refractivity contribution < 1.29 is 13.2 Å². The van der Waals surface area contributed by atoms with Gasteiger partial charge in [-0.3, -0.25) is 4.98 Å². The van der Waals surface area contributed by atoms with Crippen LogP contribution in [0.15, 0.2) is 35.4 Å². The maximum Gasteiger partial charge on any atom is 0.261 e. The largest absolute Gasteiger partial charge is 0.490 e. The van der Waals surface area contributed by atoms with E-state index in [1.807, 2.05) is 0 Å². The smallest absolute Gasteiger partial charge is 0.261 e. The molecule has 0 aliphatic carbocycles. The van der Waals surface area contributed by atoms with E-state index in [0.717, 1.165) is 11.5 Å². The molecule has 0 spiro atoms. The Labute approximate surface area is 126 Å². The van der Waals surface area contributed by atoms with Gasteiger partial charge >= 0.3 is 0 Å². The number of nitrogens with zero attached hydrogens (tertiary/aromatic N) is 1. The number of aromatic nitrogens is 1. The number of hydrogen-bond donors (Lipinski definition) is 0. The van der Waals surface area contributed by atoms with Crippen LogP contribution in [0.3, 0.4) is 0 Å². The van der Waals surface area contributed by atoms with E-state index in [9.17, 15) is 8.42 Å². The molecular formula is C13H14ClNO3S2. The van der Waals surface area contributed by atoms with Crippen LogP contribution in [-0.2, 0) is 9.05 Å². The van der Waals surface area contributed by atoms with Gasteiger partial charge in [-0.1, -0.05) is 6.92 Å². The van der Waals surface area contributed by atoms with E-state index in [1.54, 1.807) is 36.2 Å². The summed E-state index contributed by atoms with van der Waals surface area (Å²) in [5, 5.41) is 0.475. The zero-order chi connectivity index (χ0) is 14.6. The van der Waals surface area contributed by atoms with E-state index < -0.39 is 9.05 Å². The first-order chi connectivity index (χ1) is 9.54. The number of rotatable bonds is 6. The molecule has 0 unspecified atom stereocenters. The highest BCUT2D eigenvalue weighted by atomic mass is 35.7. The van der Waals surface area contributed by atoms with Crippen LogP contribution in [0.4, 0.5) is 0 Å². The van der Waals surface area contributed by atoms with Crippen LogP contribution in [0.1, 0.15) is 6.92 Å². The molecule has 0 N–H and O–H groups in total. The predicted octanol–water partition coefficient (Wildman–Crippen LogP) is 3.29. The van der Waals surface area contributed by atoms with Crippen LogP contribution in [0.2, 0.25) is 0 Å². The van der Waals surface area contributed by atoms with Gasteiger partial charge in [-0.2, -0.15) is 11.8 Å². The molecule has 20 heavy (non-hydrogen) atoms. The molecule has 0 aliphatic rings. The van der Waals surface area contributed by atoms with Crippen molar-refractivity contribution in [1.82, 2.24) is 4.98 Å². The fraction of sp³-hybridized carbons (Fsp3) is 0.308. The van der Waals surface area contributed by atoms with Crippen molar-refractivity contribution >= 4 is 42.4 Å². The first-order valence-corrected chi connectivity index (χ1v) is 9.53. The third-order valence-electron chi connectivity index (χ3n) is 2.64. The Bertz CT molecular complexity index is 704. The molecule has 0 atom stereocenters. The van der Waals surface area contributed by atoms with Gasteiger partial charge in [0.15, 0.2) is 0 Å². The highest BCUT2D eigenvalue weighted by Gasteiger charge is 2.17. The molecule has 0 amide bonds. The fourth-order valence-corrected chi connectivity index (χ4v) is 3.36. The summed E-state index contributed by atoms with van der Waals surface area (Å²) in [7, 11) is 1.63. The maximum atomic E-state index is 11.6. The summed E-state index contributed by atoms with van der Waals surface area (Å²) in [6.07, 6.45) is 1.60. The second-order valence-corrected chi connectivity index (χ2v) is 7.87. The van der Waals surface area contributed by atoms with Gasteiger partial charge in [-0.15, -0.1) is 0 Å². The Kier molecular flexibility index (Phi) is 5.12. The van der Waals surface area contributed by atoms with Gasteiger partial charge in [0.05, 0.1) is 11.5 Å². The number of pyridine rings is 1. The highest BCUT2D eigenvalue weighted by molar-refractivity contribution is 8.14. The molecule has 0 saturated heterocycles. The van der Waals surface area contributed by atoms with Gasteiger partial charge in [-0.25, -0.2) is 8.42 Å². The van der Waals surface area contributed by atoms with Crippen molar-refractivity contribution in [2.75, 3.05) is 18.1 Å². The molecule has 0 aliphatic heterocycles. The van der Waals surface area contributed by atoms with Crippen LogP contribution in [0.25, 0.3) is 10.9 Å². The number of benzene rings is 1. The van der Waals surface area contributed by atoms with E-state index in [2.05, 4.69) is 11.9 Å². The van der Waals surface area contributed by atoms with E-state index in [0.29, 0.717) is 23.3 Å². The molecule has 0 radical (unpaired) electrons. The molecule has 0 fully saturated rings. The molecule has 0 bridgehead atoms. The lowest BCUT2D eigenvalue weighted by molar-refractivity contribution is 0.347. The minimum Gasteiger partial charge on any atom is -0.490 e. The summed E-state index contributed by atoms with van der Waals surface area (Å²) in [6.45, 7) is 2.64. The molecule has 1 heterocycles. The standard InChI is InChI=1S/C13H14ClNO3S2/c1-2-19-9-8-18-11-5-6-12(20(14,16)17)10-4-3-7-15-13(10)11/h3-7H,2,8-9H2,1H3. The van der Waals surface area contributed by atoms with Gasteiger partial charge < -0.3 is 4.74 Å². The number of hydrogen-bond acceptors (Lipinski definition) is 5. The van der Waals surface area contributed by atoms with Crippen molar-refractivity contribution in [3.05, 3.63) is 30.5 Å². The van der Waals surface area contributed by atoms with E-state index in [4.69, 9.17) is 15.4 Å². The molecule has 1 aromatic carbocycles. The summed E-state index contributed by atoms with van der Waals surface area (Å²) >= 11 is 1.78. The van der Waals surface area contributed by atoms with Gasteiger partial charge in [0.25, 0.3) is 9.05 Å². The first-order valence-electron chi connectivity index (χ1n) is 6.07. The summed E-state index contributed by atoms with van der Waals surface area (Å²) in [5.41, 5.74) is 0.510. The third kappa shape index (κ3) is 3.56. The summed E-state index contributed by atoms with van der Waals surface area (Å²) in [4.78, 5) is 4.25. The van der Waals surface area contributed by atoms with Crippen LogP contribution in [0.5, 0.6) is 5.75 Å². The minimum absolute atomic E-state index is 0.0533. The van der Waals surface area contributed by atoms with Crippen LogP contribution < -0.4 is 4.74 Å². The number of fused-ring (bicyclic) bond motifs is 1. The van der Waals surface area contributed by atoms with Crippen molar-refractivity contribution in [3.8, 4) is 5.75 Å². The van der Waals surface area contributed by atoms with Gasteiger partial charge in [0.2, 0.25) is 0 Å². The lowest BCUT2D eigenvalue weighted by atomic mass is 10.2. The third-order valence-corrected chi connectivity index (χ3v) is 4.89. The monoisotopic (exact) mass is 331 g/mol. The minimum atomic E-state index is -3.80. The normalized spacial score (nSPS) is 11.7. The quantitative estimate of drug-likeness (QED) is 0.600. The lowest BCUT2D eigenvalue weighted by Gasteiger charge is -2.10. The van der Waals surface area contributed by atoms with Crippen molar-refractivity contribution in [2.24, 2.45) is 0 Å². The van der Waals surface area contributed by atoms with Crippen molar-refractivity contribution in [3.63, 3.8) is 0 Å². The van der Waals surface area contributed by atoms with E-state index >= 15 is 0 Å². The maximum absolute atomic E-state index is 11.6. The zero-order valence-corrected chi connectivity index (χ0v) is 13.3. The van der Waals surface area contributed by atoms with Gasteiger partial charge in [0.1, 0.15) is 11.3 Å². The Balaban J connectivity index is 2.39. The van der Waals surface area contributed by atoms with Crippen molar-refractivity contribution in [1.29, 1.82) is 0 Å². The number of thioether (sulfide) groups is 1. The fourth-order valence-electron chi connectivity index (χ4n) is 1.80. The molecule has 7 heteroatoms. The Hall–Kier alpha value is -0.980. The topological polar surface area (TPSA) is 56.3 Å². The van der Waals surface area contributed by atoms with E-state index in [-0.39, 0.29) is 4.90 Å². The molecule has 0 saturated carbocycles. The zero-order valence-electron chi connectivity index (χ0n) is 10.9. The summed E-state index contributed by atoms with van der Waals surface area (Å²) in [5.74, 6) is 2.48. The second kappa shape index (κ2) is 6.65. The summed E-state index contributed by atoms with van der Waals surface area (Å²) < 4.78 is 28.8. The average Bonchev–Trinajstić information content (AvgIpc) is 2.42. The molecule has 2 aromatic rings. The predicted molar refractivity (Wildman–Crippen MR) is 83.3 cm³/mol.